The summed E-state index contributed by atoms with van der Waals surface area (Å²) in [5.41, 5.74) is 2.21. The molecule has 1 saturated heterocycles. The van der Waals surface area contributed by atoms with E-state index < -0.39 is 6.10 Å². The summed E-state index contributed by atoms with van der Waals surface area (Å²) in [6, 6.07) is 1.70. The fourth-order valence-electron chi connectivity index (χ4n) is 2.37. The van der Waals surface area contributed by atoms with E-state index in [-0.39, 0.29) is 18.6 Å². The minimum atomic E-state index is -0.708. The second-order valence-corrected chi connectivity index (χ2v) is 5.21. The molecule has 0 aromatic heterocycles. The summed E-state index contributed by atoms with van der Waals surface area (Å²) in [7, 11) is 1.54. The Labute approximate surface area is 122 Å². The van der Waals surface area contributed by atoms with Crippen molar-refractivity contribution in [1.82, 2.24) is 5.32 Å². The van der Waals surface area contributed by atoms with E-state index in [1.807, 2.05) is 6.92 Å². The second kappa shape index (κ2) is 5.99. The van der Waals surface area contributed by atoms with E-state index in [2.05, 4.69) is 5.32 Å². The highest BCUT2D eigenvalue weighted by molar-refractivity contribution is 6.31. The quantitative estimate of drug-likeness (QED) is 0.894. The molecule has 1 aliphatic heterocycles. The third-order valence-corrected chi connectivity index (χ3v) is 3.82. The molecule has 2 atom stereocenters. The van der Waals surface area contributed by atoms with Crippen molar-refractivity contribution >= 4 is 17.5 Å². The van der Waals surface area contributed by atoms with Crippen LogP contribution in [0.1, 0.15) is 35.8 Å². The van der Waals surface area contributed by atoms with Crippen molar-refractivity contribution in [2.24, 2.45) is 0 Å². The lowest BCUT2D eigenvalue weighted by Gasteiger charge is -2.28. The Morgan fingerprint density at radius 3 is 2.80 bits per heavy atom. The van der Waals surface area contributed by atoms with Crippen LogP contribution in [0, 0.1) is 6.92 Å². The first-order valence-electron chi connectivity index (χ1n) is 6.39. The number of carbonyl (C=O) groups is 1. The molecule has 110 valence electrons. The smallest absolute Gasteiger partial charge is 0.246 e. The molecule has 6 heteroatoms. The number of hydrogen-bond donors (Lipinski definition) is 2. The molecule has 1 amide bonds. The maximum absolute atomic E-state index is 11.2. The molecular formula is C14H18ClNO4. The van der Waals surface area contributed by atoms with Crippen LogP contribution < -0.4 is 10.1 Å². The van der Waals surface area contributed by atoms with Gasteiger partial charge in [-0.2, -0.15) is 0 Å². The van der Waals surface area contributed by atoms with E-state index in [0.717, 1.165) is 11.1 Å². The third kappa shape index (κ3) is 2.75. The predicted molar refractivity (Wildman–Crippen MR) is 75.1 cm³/mol. The van der Waals surface area contributed by atoms with Gasteiger partial charge in [-0.3, -0.25) is 4.79 Å². The lowest BCUT2D eigenvalue weighted by Crippen LogP contribution is -2.39. The van der Waals surface area contributed by atoms with Gasteiger partial charge in [-0.1, -0.05) is 11.6 Å². The molecule has 1 aromatic rings. The number of benzene rings is 1. The lowest BCUT2D eigenvalue weighted by molar-refractivity contribution is -0.133. The first-order chi connectivity index (χ1) is 9.45. The van der Waals surface area contributed by atoms with E-state index in [4.69, 9.17) is 21.1 Å². The number of rotatable bonds is 3. The number of carbonyl (C=O) groups excluding carboxylic acids is 1. The average Bonchev–Trinajstić information content (AvgIpc) is 2.42. The molecule has 2 N–H and O–H groups in total. The van der Waals surface area contributed by atoms with Crippen molar-refractivity contribution in [2.45, 2.75) is 26.1 Å². The monoisotopic (exact) mass is 299 g/mol. The van der Waals surface area contributed by atoms with E-state index >= 15 is 0 Å². The van der Waals surface area contributed by atoms with Gasteiger partial charge in [0.15, 0.2) is 0 Å². The maximum Gasteiger partial charge on any atom is 0.246 e. The topological polar surface area (TPSA) is 67.8 Å². The average molecular weight is 300 g/mol. The minimum absolute atomic E-state index is 0.00376. The molecule has 2 unspecified atom stereocenters. The molecule has 5 nitrogen and oxygen atoms in total. The van der Waals surface area contributed by atoms with Crippen LogP contribution in [0.15, 0.2) is 6.07 Å². The minimum Gasteiger partial charge on any atom is -0.496 e. The van der Waals surface area contributed by atoms with Gasteiger partial charge in [0.1, 0.15) is 18.5 Å². The van der Waals surface area contributed by atoms with Crippen LogP contribution >= 0.6 is 11.6 Å². The van der Waals surface area contributed by atoms with Crippen LogP contribution in [0.2, 0.25) is 5.02 Å². The number of amides is 1. The van der Waals surface area contributed by atoms with Crippen LogP contribution in [0.5, 0.6) is 5.75 Å². The Balaban J connectivity index is 2.52. The molecule has 0 bridgehead atoms. The number of aliphatic hydroxyl groups excluding tert-OH is 1. The number of aliphatic hydroxyl groups is 1. The van der Waals surface area contributed by atoms with E-state index in [0.29, 0.717) is 22.9 Å². The van der Waals surface area contributed by atoms with Gasteiger partial charge in [0, 0.05) is 22.7 Å². The second-order valence-electron chi connectivity index (χ2n) is 4.80. The molecule has 1 fully saturated rings. The Kier molecular flexibility index (Phi) is 4.52. The normalized spacial score (nSPS) is 20.4. The molecule has 20 heavy (non-hydrogen) atoms. The fourth-order valence-corrected chi connectivity index (χ4v) is 2.59. The summed E-state index contributed by atoms with van der Waals surface area (Å²) in [4.78, 5) is 11.2. The standard InChI is InChI=1S/C14H18ClNO4/c1-7-10(15)4-9(8(2)17)14(19-3)13(7)11-5-16-12(18)6-20-11/h4,8,11,17H,5-6H2,1-3H3,(H,16,18). The van der Waals surface area contributed by atoms with Crippen molar-refractivity contribution in [3.63, 3.8) is 0 Å². The van der Waals surface area contributed by atoms with Crippen molar-refractivity contribution in [3.05, 3.63) is 27.8 Å². The number of halogens is 1. The molecule has 0 saturated carbocycles. The van der Waals surface area contributed by atoms with Crippen molar-refractivity contribution in [1.29, 1.82) is 0 Å². The molecule has 0 radical (unpaired) electrons. The fraction of sp³-hybridized carbons (Fsp3) is 0.500. The van der Waals surface area contributed by atoms with Gasteiger partial charge < -0.3 is 19.9 Å². The van der Waals surface area contributed by atoms with E-state index in [1.54, 1.807) is 20.1 Å². The summed E-state index contributed by atoms with van der Waals surface area (Å²) in [5, 5.41) is 13.2. The van der Waals surface area contributed by atoms with Gasteiger partial charge in [0.2, 0.25) is 5.91 Å². The van der Waals surface area contributed by atoms with Crippen LogP contribution in [-0.4, -0.2) is 31.3 Å². The van der Waals surface area contributed by atoms with Gasteiger partial charge in [0.05, 0.1) is 13.2 Å². The first-order valence-corrected chi connectivity index (χ1v) is 6.76. The van der Waals surface area contributed by atoms with Crippen LogP contribution in [0.25, 0.3) is 0 Å². The summed E-state index contributed by atoms with van der Waals surface area (Å²) in [5.74, 6) is 0.415. The number of nitrogens with one attached hydrogen (secondary N) is 1. The highest BCUT2D eigenvalue weighted by Gasteiger charge is 2.28. The SMILES string of the molecule is COc1c(C(C)O)cc(Cl)c(C)c1C1CNC(=O)CO1. The zero-order valence-corrected chi connectivity index (χ0v) is 12.5. The van der Waals surface area contributed by atoms with Gasteiger partial charge >= 0.3 is 0 Å². The van der Waals surface area contributed by atoms with Gasteiger partial charge in [-0.15, -0.1) is 0 Å². The molecule has 2 rings (SSSR count). The summed E-state index contributed by atoms with van der Waals surface area (Å²) < 4.78 is 11.0. The zero-order chi connectivity index (χ0) is 14.9. The van der Waals surface area contributed by atoms with Crippen molar-refractivity contribution in [2.75, 3.05) is 20.3 Å². The Morgan fingerprint density at radius 1 is 1.60 bits per heavy atom. The molecular weight excluding hydrogens is 282 g/mol. The largest absolute Gasteiger partial charge is 0.496 e. The maximum atomic E-state index is 11.2. The molecule has 1 aliphatic rings. The van der Waals surface area contributed by atoms with Crippen molar-refractivity contribution in [3.8, 4) is 5.75 Å². The summed E-state index contributed by atoms with van der Waals surface area (Å²) in [6.07, 6.45) is -1.04. The molecule has 1 heterocycles. The van der Waals surface area contributed by atoms with Crippen LogP contribution in [-0.2, 0) is 9.53 Å². The van der Waals surface area contributed by atoms with E-state index in [1.165, 1.54) is 0 Å². The molecule has 1 aromatic carbocycles. The Morgan fingerprint density at radius 2 is 2.30 bits per heavy atom. The molecule has 0 aliphatic carbocycles. The van der Waals surface area contributed by atoms with Crippen molar-refractivity contribution < 1.29 is 19.4 Å². The Bertz CT molecular complexity index is 520. The summed E-state index contributed by atoms with van der Waals surface area (Å²) in [6.45, 7) is 3.88. The van der Waals surface area contributed by atoms with Gasteiger partial charge in [-0.25, -0.2) is 0 Å². The first kappa shape index (κ1) is 15.1. The highest BCUT2D eigenvalue weighted by atomic mass is 35.5. The van der Waals surface area contributed by atoms with Crippen LogP contribution in [0.4, 0.5) is 0 Å². The van der Waals surface area contributed by atoms with Crippen LogP contribution in [0.3, 0.4) is 0 Å². The number of hydrogen-bond acceptors (Lipinski definition) is 4. The van der Waals surface area contributed by atoms with Gasteiger partial charge in [-0.05, 0) is 25.5 Å². The molecule has 0 spiro atoms. The lowest BCUT2D eigenvalue weighted by atomic mass is 9.95. The number of methoxy groups -OCH3 is 1. The number of ether oxygens (including phenoxy) is 2. The van der Waals surface area contributed by atoms with E-state index in [9.17, 15) is 9.90 Å². The summed E-state index contributed by atoms with van der Waals surface area (Å²) >= 11 is 6.23. The predicted octanol–water partition coefficient (Wildman–Crippen LogP) is 1.90. The third-order valence-electron chi connectivity index (χ3n) is 3.43. The number of morpholine rings is 1. The van der Waals surface area contributed by atoms with Gasteiger partial charge in [0.25, 0.3) is 0 Å². The zero-order valence-electron chi connectivity index (χ0n) is 11.7. The Hall–Kier alpha value is -1.30. The highest BCUT2D eigenvalue weighted by Crippen LogP contribution is 2.40.